The minimum Gasteiger partial charge on any atom is -0.497 e. The van der Waals surface area contributed by atoms with Gasteiger partial charge in [0.2, 0.25) is 0 Å². The van der Waals surface area contributed by atoms with Crippen molar-refractivity contribution in [3.05, 3.63) is 99.7 Å². The summed E-state index contributed by atoms with van der Waals surface area (Å²) in [5.74, 6) is 0.843. The molecule has 0 radical (unpaired) electrons. The molecule has 0 amide bonds. The fourth-order valence-electron chi connectivity index (χ4n) is 6.48. The molecule has 1 aliphatic heterocycles. The van der Waals surface area contributed by atoms with E-state index in [-0.39, 0.29) is 5.41 Å². The van der Waals surface area contributed by atoms with Crippen LogP contribution in [0.25, 0.3) is 10.9 Å². The lowest BCUT2D eigenvalue weighted by atomic mass is 9.56. The van der Waals surface area contributed by atoms with Gasteiger partial charge in [-0.2, -0.15) is 0 Å². The zero-order valence-electron chi connectivity index (χ0n) is 20.1. The average Bonchev–Trinajstić information content (AvgIpc) is 3.23. The summed E-state index contributed by atoms with van der Waals surface area (Å²) in [5.41, 5.74) is 4.89. The third-order valence-electron chi connectivity index (χ3n) is 8.33. The fourth-order valence-corrected chi connectivity index (χ4v) is 7.09. The van der Waals surface area contributed by atoms with Crippen molar-refractivity contribution in [1.82, 2.24) is 9.88 Å². The fraction of sp³-hybridized carbons (Fsp3) is 0.333. The number of fused-ring (bicyclic) bond motifs is 4. The van der Waals surface area contributed by atoms with Crippen LogP contribution in [0.5, 0.6) is 5.75 Å². The highest BCUT2D eigenvalue weighted by Crippen LogP contribution is 2.52. The Hall–Kier alpha value is -2.60. The molecule has 0 bridgehead atoms. The lowest BCUT2D eigenvalue weighted by Gasteiger charge is -2.56. The predicted molar refractivity (Wildman–Crippen MR) is 144 cm³/mol. The summed E-state index contributed by atoms with van der Waals surface area (Å²) in [6, 6.07) is 25.3. The third kappa shape index (κ3) is 3.81. The Bertz CT molecular complexity index is 1370. The van der Waals surface area contributed by atoms with Crippen LogP contribution < -0.4 is 4.74 Å². The van der Waals surface area contributed by atoms with Crippen LogP contribution in [0.1, 0.15) is 28.8 Å². The maximum absolute atomic E-state index is 12.6. The molecule has 4 aromatic rings. The van der Waals surface area contributed by atoms with Crippen molar-refractivity contribution in [2.24, 2.45) is 0 Å². The van der Waals surface area contributed by atoms with Gasteiger partial charge in [-0.25, -0.2) is 0 Å². The molecule has 6 rings (SSSR count). The summed E-state index contributed by atoms with van der Waals surface area (Å²) in [6.45, 7) is 2.57. The number of H-pyrrole nitrogens is 1. The molecule has 5 heteroatoms. The van der Waals surface area contributed by atoms with Crippen molar-refractivity contribution in [3.63, 3.8) is 0 Å². The molecule has 2 atom stereocenters. The van der Waals surface area contributed by atoms with Gasteiger partial charge in [-0.3, -0.25) is 0 Å². The van der Waals surface area contributed by atoms with Crippen LogP contribution in [0.2, 0.25) is 0 Å². The van der Waals surface area contributed by atoms with Crippen molar-refractivity contribution >= 4 is 26.8 Å². The van der Waals surface area contributed by atoms with Gasteiger partial charge in [-0.15, -0.1) is 0 Å². The highest BCUT2D eigenvalue weighted by atomic mass is 79.9. The molecule has 3 aromatic carbocycles. The van der Waals surface area contributed by atoms with E-state index in [2.05, 4.69) is 92.5 Å². The number of methoxy groups -OCH3 is 1. The Morgan fingerprint density at radius 1 is 1.03 bits per heavy atom. The lowest BCUT2D eigenvalue weighted by Crippen LogP contribution is -2.66. The Morgan fingerprint density at radius 3 is 2.69 bits per heavy atom. The number of likely N-dealkylation sites (tertiary alicyclic amines) is 1. The number of ether oxygens (including phenoxy) is 1. The number of piperidine rings is 1. The maximum atomic E-state index is 12.6. The summed E-state index contributed by atoms with van der Waals surface area (Å²) in [4.78, 5) is 6.16. The number of rotatable bonds is 5. The van der Waals surface area contributed by atoms with E-state index in [1.54, 1.807) is 7.11 Å². The van der Waals surface area contributed by atoms with Gasteiger partial charge in [-0.05, 0) is 60.3 Å². The van der Waals surface area contributed by atoms with E-state index in [1.807, 2.05) is 6.07 Å². The van der Waals surface area contributed by atoms with Crippen LogP contribution in [0.3, 0.4) is 0 Å². The standard InChI is InChI=1S/C30H31BrN2O2/c1-35-23-10-5-9-22(17-23)29-14-16-33(15-13-21-7-3-2-4-8-21)20-30(29,34)18-24-27(19-29)32-26-12-6-11-25(31)28(24)26/h2-12,17,32,34H,13-16,18-20H2,1H3/t29-,30-/m0/s1. The molecule has 35 heavy (non-hydrogen) atoms. The first-order valence-electron chi connectivity index (χ1n) is 12.4. The molecule has 0 saturated carbocycles. The zero-order chi connectivity index (χ0) is 24.0. The maximum Gasteiger partial charge on any atom is 0.119 e. The Kier molecular flexibility index (Phi) is 5.75. The summed E-state index contributed by atoms with van der Waals surface area (Å²) in [6.07, 6.45) is 3.32. The van der Waals surface area contributed by atoms with E-state index >= 15 is 0 Å². The molecule has 1 aliphatic carbocycles. The highest BCUT2D eigenvalue weighted by Gasteiger charge is 2.57. The molecule has 0 unspecified atom stereocenters. The number of halogens is 1. The number of nitrogens with zero attached hydrogens (tertiary/aromatic N) is 1. The van der Waals surface area contributed by atoms with Crippen LogP contribution in [0.4, 0.5) is 0 Å². The van der Waals surface area contributed by atoms with Gasteiger partial charge >= 0.3 is 0 Å². The minimum absolute atomic E-state index is 0.370. The van der Waals surface area contributed by atoms with Crippen LogP contribution in [-0.2, 0) is 24.7 Å². The van der Waals surface area contributed by atoms with Crippen LogP contribution in [0, 0.1) is 0 Å². The van der Waals surface area contributed by atoms with Crippen LogP contribution >= 0.6 is 15.9 Å². The Balaban J connectivity index is 1.41. The van der Waals surface area contributed by atoms with E-state index in [0.717, 1.165) is 48.1 Å². The van der Waals surface area contributed by atoms with E-state index in [1.165, 1.54) is 27.8 Å². The number of nitrogens with one attached hydrogen (secondary N) is 1. The second kappa shape index (κ2) is 8.81. The van der Waals surface area contributed by atoms with Crippen molar-refractivity contribution in [1.29, 1.82) is 0 Å². The lowest BCUT2D eigenvalue weighted by molar-refractivity contribution is -0.102. The summed E-state index contributed by atoms with van der Waals surface area (Å²) in [5, 5.41) is 13.8. The Morgan fingerprint density at radius 2 is 1.86 bits per heavy atom. The second-order valence-electron chi connectivity index (χ2n) is 10.2. The number of β-amino-alcohol motifs (C(OH)–C–C–N with tert-alkyl or cyclic N) is 1. The first kappa shape index (κ1) is 22.8. The van der Waals surface area contributed by atoms with Gasteiger partial charge in [0.25, 0.3) is 0 Å². The van der Waals surface area contributed by atoms with Crippen molar-refractivity contribution in [3.8, 4) is 5.75 Å². The summed E-state index contributed by atoms with van der Waals surface area (Å²) >= 11 is 3.77. The molecule has 2 heterocycles. The molecule has 1 aromatic heterocycles. The SMILES string of the molecule is COc1cccc([C@@]23CCN(CCc4ccccc4)C[C@@]2(O)Cc2c([nH]c4cccc(Br)c24)C3)c1. The van der Waals surface area contributed by atoms with Gasteiger partial charge in [0, 0.05) is 52.4 Å². The van der Waals surface area contributed by atoms with Crippen molar-refractivity contribution in [2.75, 3.05) is 26.7 Å². The van der Waals surface area contributed by atoms with E-state index < -0.39 is 5.60 Å². The number of hydrogen-bond donors (Lipinski definition) is 2. The molecule has 0 spiro atoms. The minimum atomic E-state index is -0.883. The predicted octanol–water partition coefficient (Wildman–Crippen LogP) is 5.66. The van der Waals surface area contributed by atoms with Crippen molar-refractivity contribution in [2.45, 2.75) is 36.7 Å². The van der Waals surface area contributed by atoms with Gasteiger partial charge in [-0.1, -0.05) is 64.5 Å². The van der Waals surface area contributed by atoms with E-state index in [0.29, 0.717) is 13.0 Å². The largest absolute Gasteiger partial charge is 0.497 e. The summed E-state index contributed by atoms with van der Waals surface area (Å²) < 4.78 is 6.68. The van der Waals surface area contributed by atoms with Gasteiger partial charge in [0.1, 0.15) is 5.75 Å². The zero-order valence-corrected chi connectivity index (χ0v) is 21.6. The second-order valence-corrected chi connectivity index (χ2v) is 11.1. The normalized spacial score (nSPS) is 24.2. The van der Waals surface area contributed by atoms with Crippen molar-refractivity contribution < 1.29 is 9.84 Å². The highest BCUT2D eigenvalue weighted by molar-refractivity contribution is 9.10. The monoisotopic (exact) mass is 530 g/mol. The first-order chi connectivity index (χ1) is 17.0. The molecule has 1 fully saturated rings. The molecule has 2 aliphatic rings. The molecule has 1 saturated heterocycles. The van der Waals surface area contributed by atoms with Gasteiger partial charge < -0.3 is 19.7 Å². The number of hydrogen-bond acceptors (Lipinski definition) is 3. The van der Waals surface area contributed by atoms with E-state index in [4.69, 9.17) is 4.74 Å². The molecule has 2 N–H and O–H groups in total. The van der Waals surface area contributed by atoms with Crippen LogP contribution in [-0.4, -0.2) is 47.3 Å². The Labute approximate surface area is 215 Å². The molecule has 180 valence electrons. The molecular formula is C30H31BrN2O2. The number of benzene rings is 3. The summed E-state index contributed by atoms with van der Waals surface area (Å²) in [7, 11) is 1.71. The first-order valence-corrected chi connectivity index (χ1v) is 13.2. The smallest absolute Gasteiger partial charge is 0.119 e. The quantitative estimate of drug-likeness (QED) is 0.350. The number of aromatic amines is 1. The molecule has 4 nitrogen and oxygen atoms in total. The average molecular weight is 531 g/mol. The van der Waals surface area contributed by atoms with Gasteiger partial charge in [0.05, 0.1) is 12.7 Å². The van der Waals surface area contributed by atoms with Gasteiger partial charge in [0.15, 0.2) is 0 Å². The third-order valence-corrected chi connectivity index (χ3v) is 8.99. The number of aliphatic hydroxyl groups is 1. The van der Waals surface area contributed by atoms with Crippen LogP contribution in [0.15, 0.2) is 77.3 Å². The van der Waals surface area contributed by atoms with E-state index in [9.17, 15) is 5.11 Å². The topological polar surface area (TPSA) is 48.5 Å². The number of aromatic nitrogens is 1. The molecular weight excluding hydrogens is 500 g/mol.